The first-order valence-corrected chi connectivity index (χ1v) is 6.29. The highest BCUT2D eigenvalue weighted by Gasteiger charge is 2.12. The van der Waals surface area contributed by atoms with E-state index >= 15 is 0 Å². The number of rotatable bonds is 5. The van der Waals surface area contributed by atoms with E-state index in [4.69, 9.17) is 4.74 Å². The first kappa shape index (κ1) is 15.4. The summed E-state index contributed by atoms with van der Waals surface area (Å²) >= 11 is 0. The van der Waals surface area contributed by atoms with Gasteiger partial charge in [0.15, 0.2) is 11.6 Å². The number of nitrogens with one attached hydrogen (secondary N) is 2. The van der Waals surface area contributed by atoms with E-state index in [-0.39, 0.29) is 23.7 Å². The lowest BCUT2D eigenvalue weighted by Gasteiger charge is -2.20. The Bertz CT molecular complexity index is 442. The Labute approximate surface area is 113 Å². The van der Waals surface area contributed by atoms with E-state index in [1.54, 1.807) is 13.0 Å². The second kappa shape index (κ2) is 6.52. The van der Waals surface area contributed by atoms with Gasteiger partial charge < -0.3 is 15.4 Å². The molecule has 0 radical (unpaired) electrons. The number of ether oxygens (including phenoxy) is 1. The molecule has 0 aromatic heterocycles. The quantitative estimate of drug-likeness (QED) is 0.863. The second-order valence-corrected chi connectivity index (χ2v) is 5.23. The highest BCUT2D eigenvalue weighted by atomic mass is 19.1. The first-order chi connectivity index (χ1) is 8.81. The molecule has 19 heavy (non-hydrogen) atoms. The molecule has 5 heteroatoms. The van der Waals surface area contributed by atoms with Crippen LogP contribution >= 0.6 is 0 Å². The Morgan fingerprint density at radius 3 is 2.58 bits per heavy atom. The number of hydrogen-bond acceptors (Lipinski definition) is 3. The Balaban J connectivity index is 2.58. The van der Waals surface area contributed by atoms with E-state index < -0.39 is 5.82 Å². The molecule has 0 atom stereocenters. The maximum Gasteiger partial charge on any atom is 0.238 e. The molecule has 0 spiro atoms. The molecule has 0 unspecified atom stereocenters. The average Bonchev–Trinajstić information content (AvgIpc) is 2.29. The molecule has 1 amide bonds. The van der Waals surface area contributed by atoms with Crippen molar-refractivity contribution in [2.24, 2.45) is 0 Å². The normalized spacial score (nSPS) is 11.2. The zero-order chi connectivity index (χ0) is 14.5. The highest BCUT2D eigenvalue weighted by Crippen LogP contribution is 2.21. The van der Waals surface area contributed by atoms with Crippen LogP contribution in [0.1, 0.15) is 27.7 Å². The fraction of sp³-hybridized carbons (Fsp3) is 0.500. The van der Waals surface area contributed by atoms with Crippen LogP contribution < -0.4 is 15.4 Å². The van der Waals surface area contributed by atoms with Gasteiger partial charge in [-0.3, -0.25) is 4.79 Å². The summed E-state index contributed by atoms with van der Waals surface area (Å²) in [5, 5.41) is 5.69. The Kier molecular flexibility index (Phi) is 5.30. The summed E-state index contributed by atoms with van der Waals surface area (Å²) in [6, 6.07) is 4.37. The summed E-state index contributed by atoms with van der Waals surface area (Å²) in [5.74, 6) is -0.504. The minimum atomic E-state index is -0.483. The van der Waals surface area contributed by atoms with Crippen LogP contribution in [0.2, 0.25) is 0 Å². The van der Waals surface area contributed by atoms with Crippen molar-refractivity contribution in [3.05, 3.63) is 24.0 Å². The van der Waals surface area contributed by atoms with Crippen LogP contribution in [0, 0.1) is 5.82 Å². The molecule has 2 N–H and O–H groups in total. The van der Waals surface area contributed by atoms with Crippen LogP contribution in [-0.4, -0.2) is 24.6 Å². The van der Waals surface area contributed by atoms with E-state index in [1.165, 1.54) is 12.1 Å². The molecule has 0 saturated carbocycles. The number of carbonyl (C=O) groups excluding carboxylic acids is 1. The van der Waals surface area contributed by atoms with Crippen LogP contribution in [0.4, 0.5) is 10.1 Å². The largest absolute Gasteiger partial charge is 0.491 e. The molecule has 106 valence electrons. The zero-order valence-corrected chi connectivity index (χ0v) is 11.8. The second-order valence-electron chi connectivity index (χ2n) is 5.23. The summed E-state index contributed by atoms with van der Waals surface area (Å²) in [7, 11) is 0. The summed E-state index contributed by atoms with van der Waals surface area (Å²) < 4.78 is 18.7. The van der Waals surface area contributed by atoms with Crippen molar-refractivity contribution in [1.29, 1.82) is 0 Å². The van der Waals surface area contributed by atoms with Gasteiger partial charge in [-0.15, -0.1) is 0 Å². The molecule has 1 aromatic rings. The standard InChI is InChI=1S/C14H21FN2O2/c1-5-19-12-7-6-10(8-11(12)15)17-13(18)9-16-14(2,3)4/h6-8,16H,5,9H2,1-4H3,(H,17,18). The minimum absolute atomic E-state index is 0.137. The van der Waals surface area contributed by atoms with Gasteiger partial charge in [-0.25, -0.2) is 4.39 Å². The number of carbonyl (C=O) groups is 1. The summed E-state index contributed by atoms with van der Waals surface area (Å²) in [5.41, 5.74) is 0.281. The smallest absolute Gasteiger partial charge is 0.238 e. The maximum absolute atomic E-state index is 13.6. The third kappa shape index (κ3) is 5.70. The number of anilines is 1. The average molecular weight is 268 g/mol. The molecule has 1 rings (SSSR count). The minimum Gasteiger partial charge on any atom is -0.491 e. The number of halogens is 1. The number of hydrogen-bond donors (Lipinski definition) is 2. The van der Waals surface area contributed by atoms with Crippen molar-refractivity contribution < 1.29 is 13.9 Å². The van der Waals surface area contributed by atoms with Gasteiger partial charge in [0.25, 0.3) is 0 Å². The van der Waals surface area contributed by atoms with Gasteiger partial charge in [0.1, 0.15) is 0 Å². The van der Waals surface area contributed by atoms with E-state index in [2.05, 4.69) is 10.6 Å². The molecule has 0 saturated heterocycles. The lowest BCUT2D eigenvalue weighted by atomic mass is 10.1. The van der Waals surface area contributed by atoms with Gasteiger partial charge in [-0.1, -0.05) is 0 Å². The molecule has 0 aliphatic rings. The fourth-order valence-corrected chi connectivity index (χ4v) is 1.40. The van der Waals surface area contributed by atoms with Gasteiger partial charge in [0.2, 0.25) is 5.91 Å². The van der Waals surface area contributed by atoms with E-state index in [9.17, 15) is 9.18 Å². The predicted octanol–water partition coefficient (Wildman–Crippen LogP) is 2.55. The molecule has 1 aromatic carbocycles. The van der Waals surface area contributed by atoms with Crippen molar-refractivity contribution in [2.45, 2.75) is 33.2 Å². The van der Waals surface area contributed by atoms with Gasteiger partial charge >= 0.3 is 0 Å². The van der Waals surface area contributed by atoms with Crippen LogP contribution in [0.15, 0.2) is 18.2 Å². The lowest BCUT2D eigenvalue weighted by molar-refractivity contribution is -0.115. The SMILES string of the molecule is CCOc1ccc(NC(=O)CNC(C)(C)C)cc1F. The Morgan fingerprint density at radius 2 is 2.05 bits per heavy atom. The van der Waals surface area contributed by atoms with Crippen LogP contribution in [0.5, 0.6) is 5.75 Å². The van der Waals surface area contributed by atoms with Crippen molar-refractivity contribution in [1.82, 2.24) is 5.32 Å². The van der Waals surface area contributed by atoms with Crippen molar-refractivity contribution in [2.75, 3.05) is 18.5 Å². The summed E-state index contributed by atoms with van der Waals surface area (Å²) in [6.45, 7) is 8.27. The lowest BCUT2D eigenvalue weighted by Crippen LogP contribution is -2.41. The molecule has 0 aliphatic carbocycles. The first-order valence-electron chi connectivity index (χ1n) is 6.29. The molecule has 0 fully saturated rings. The summed E-state index contributed by atoms with van der Waals surface area (Å²) in [4.78, 5) is 11.7. The topological polar surface area (TPSA) is 50.4 Å². The van der Waals surface area contributed by atoms with Crippen molar-refractivity contribution >= 4 is 11.6 Å². The van der Waals surface area contributed by atoms with Crippen LogP contribution in [0.3, 0.4) is 0 Å². The van der Waals surface area contributed by atoms with Gasteiger partial charge in [-0.05, 0) is 39.8 Å². The number of amides is 1. The molecule has 0 bridgehead atoms. The molecule has 4 nitrogen and oxygen atoms in total. The van der Waals surface area contributed by atoms with Crippen LogP contribution in [0.25, 0.3) is 0 Å². The van der Waals surface area contributed by atoms with E-state index in [0.29, 0.717) is 12.3 Å². The van der Waals surface area contributed by atoms with Crippen molar-refractivity contribution in [3.8, 4) is 5.75 Å². The van der Waals surface area contributed by atoms with E-state index in [1.807, 2.05) is 20.8 Å². The van der Waals surface area contributed by atoms with Crippen LogP contribution in [-0.2, 0) is 4.79 Å². The molecule has 0 aliphatic heterocycles. The monoisotopic (exact) mass is 268 g/mol. The third-order valence-electron chi connectivity index (χ3n) is 2.29. The maximum atomic E-state index is 13.6. The Hall–Kier alpha value is -1.62. The molecule has 0 heterocycles. The Morgan fingerprint density at radius 1 is 1.37 bits per heavy atom. The van der Waals surface area contributed by atoms with Gasteiger partial charge in [-0.2, -0.15) is 0 Å². The number of benzene rings is 1. The van der Waals surface area contributed by atoms with Gasteiger partial charge in [0.05, 0.1) is 13.2 Å². The predicted molar refractivity (Wildman–Crippen MR) is 74.0 cm³/mol. The highest BCUT2D eigenvalue weighted by molar-refractivity contribution is 5.92. The molecular weight excluding hydrogens is 247 g/mol. The van der Waals surface area contributed by atoms with Gasteiger partial charge in [0, 0.05) is 17.3 Å². The molecular formula is C14H21FN2O2. The van der Waals surface area contributed by atoms with Crippen molar-refractivity contribution in [3.63, 3.8) is 0 Å². The zero-order valence-electron chi connectivity index (χ0n) is 11.8. The van der Waals surface area contributed by atoms with E-state index in [0.717, 1.165) is 0 Å². The third-order valence-corrected chi connectivity index (χ3v) is 2.29. The fourth-order valence-electron chi connectivity index (χ4n) is 1.40. The summed E-state index contributed by atoms with van der Waals surface area (Å²) in [6.07, 6.45) is 0.